The number of hydrogen-bond donors (Lipinski definition) is 2. The van der Waals surface area contributed by atoms with Gasteiger partial charge in [0, 0.05) is 36.7 Å². The molecule has 0 saturated heterocycles. The maximum absolute atomic E-state index is 14.5. The van der Waals surface area contributed by atoms with Crippen molar-refractivity contribution in [1.29, 1.82) is 0 Å². The van der Waals surface area contributed by atoms with Crippen LogP contribution in [-0.2, 0) is 5.41 Å². The van der Waals surface area contributed by atoms with Crippen molar-refractivity contribution < 1.29 is 9.18 Å². The number of carbonyl (C=O) groups excluding carboxylic acids is 1. The van der Waals surface area contributed by atoms with Gasteiger partial charge in [0.25, 0.3) is 5.91 Å². The Labute approximate surface area is 195 Å². The van der Waals surface area contributed by atoms with Crippen molar-refractivity contribution in [3.8, 4) is 10.6 Å². The number of carbonyl (C=O) groups is 1. The van der Waals surface area contributed by atoms with E-state index in [0.717, 1.165) is 33.8 Å². The number of fused-ring (bicyclic) bond motifs is 1. The van der Waals surface area contributed by atoms with Gasteiger partial charge in [0.05, 0.1) is 32.9 Å². The minimum atomic E-state index is -0.637. The van der Waals surface area contributed by atoms with Crippen molar-refractivity contribution in [2.24, 2.45) is 0 Å². The molecule has 0 unspecified atom stereocenters. The quantitative estimate of drug-likeness (QED) is 0.411. The second kappa shape index (κ2) is 9.19. The van der Waals surface area contributed by atoms with Crippen LogP contribution < -0.4 is 10.6 Å². The third-order valence-electron chi connectivity index (χ3n) is 5.94. The Balaban J connectivity index is 1.68. The lowest BCUT2D eigenvalue weighted by molar-refractivity contribution is 0.0960. The first-order chi connectivity index (χ1) is 15.9. The molecule has 9 heteroatoms. The van der Waals surface area contributed by atoms with E-state index in [0.29, 0.717) is 23.3 Å². The topological polar surface area (TPSA) is 92.7 Å². The molecule has 0 aliphatic heterocycles. The van der Waals surface area contributed by atoms with Crippen LogP contribution in [0.3, 0.4) is 0 Å². The van der Waals surface area contributed by atoms with Crippen LogP contribution in [0.15, 0.2) is 43.0 Å². The fourth-order valence-corrected chi connectivity index (χ4v) is 4.55. The van der Waals surface area contributed by atoms with Crippen LogP contribution in [0.1, 0.15) is 41.2 Å². The molecule has 7 nitrogen and oxygen atoms in total. The van der Waals surface area contributed by atoms with Gasteiger partial charge in [-0.3, -0.25) is 9.78 Å². The molecule has 4 aromatic rings. The molecular weight excluding hydrogens is 439 g/mol. The lowest BCUT2D eigenvalue weighted by atomic mass is 9.78. The number of anilines is 1. The number of rotatable bonds is 7. The van der Waals surface area contributed by atoms with E-state index in [2.05, 4.69) is 44.4 Å². The molecule has 2 N–H and O–H groups in total. The van der Waals surface area contributed by atoms with Crippen molar-refractivity contribution in [1.82, 2.24) is 25.3 Å². The van der Waals surface area contributed by atoms with E-state index in [-0.39, 0.29) is 11.0 Å². The number of nitrogens with one attached hydrogen (secondary N) is 2. The zero-order chi connectivity index (χ0) is 23.6. The van der Waals surface area contributed by atoms with Gasteiger partial charge < -0.3 is 10.6 Å². The second-order valence-electron chi connectivity index (χ2n) is 8.06. The number of nitrogens with zero attached hydrogens (tertiary/aromatic N) is 4. The van der Waals surface area contributed by atoms with Crippen LogP contribution in [0.2, 0.25) is 0 Å². The van der Waals surface area contributed by atoms with Crippen LogP contribution in [-0.4, -0.2) is 39.4 Å². The molecule has 0 aliphatic rings. The van der Waals surface area contributed by atoms with Gasteiger partial charge in [-0.25, -0.2) is 19.3 Å². The van der Waals surface area contributed by atoms with Gasteiger partial charge in [-0.2, -0.15) is 0 Å². The van der Waals surface area contributed by atoms with Crippen molar-refractivity contribution >= 4 is 34.0 Å². The molecule has 1 aromatic carbocycles. The number of thiazole rings is 1. The van der Waals surface area contributed by atoms with Crippen molar-refractivity contribution in [2.45, 2.75) is 32.6 Å². The van der Waals surface area contributed by atoms with Crippen LogP contribution in [0.4, 0.5) is 10.2 Å². The van der Waals surface area contributed by atoms with Crippen molar-refractivity contribution in [2.75, 3.05) is 18.9 Å². The highest BCUT2D eigenvalue weighted by Gasteiger charge is 2.29. The Bertz CT molecular complexity index is 1320. The van der Waals surface area contributed by atoms with E-state index in [4.69, 9.17) is 0 Å². The van der Waals surface area contributed by atoms with Crippen LogP contribution >= 0.6 is 11.3 Å². The monoisotopic (exact) mass is 464 g/mol. The number of hydrogen-bond acceptors (Lipinski definition) is 7. The van der Waals surface area contributed by atoms with Crippen molar-refractivity contribution in [3.63, 3.8) is 0 Å². The molecule has 0 spiro atoms. The van der Waals surface area contributed by atoms with E-state index in [1.807, 2.05) is 31.3 Å². The summed E-state index contributed by atoms with van der Waals surface area (Å²) in [5, 5.41) is 7.42. The fourth-order valence-electron chi connectivity index (χ4n) is 3.81. The maximum Gasteiger partial charge on any atom is 0.254 e. The molecule has 1 amide bonds. The highest BCUT2D eigenvalue weighted by molar-refractivity contribution is 7.15. The van der Waals surface area contributed by atoms with Gasteiger partial charge in [0.15, 0.2) is 5.82 Å². The summed E-state index contributed by atoms with van der Waals surface area (Å²) in [6.07, 6.45) is 5.26. The smallest absolute Gasteiger partial charge is 0.254 e. The molecule has 0 fully saturated rings. The van der Waals surface area contributed by atoms with E-state index < -0.39 is 11.7 Å². The number of pyridine rings is 1. The van der Waals surface area contributed by atoms with Gasteiger partial charge in [-0.1, -0.05) is 32.0 Å². The van der Waals surface area contributed by atoms with Crippen LogP contribution in [0.5, 0.6) is 0 Å². The van der Waals surface area contributed by atoms with Crippen LogP contribution in [0.25, 0.3) is 21.5 Å². The summed E-state index contributed by atoms with van der Waals surface area (Å²) in [4.78, 5) is 30.7. The van der Waals surface area contributed by atoms with Crippen LogP contribution in [0, 0.1) is 12.7 Å². The standard InChI is InChI=1S/C24H25FN6OS/c1-5-24(3,12-29-20-9-18(30-13-31-20)19-11-27-14(2)33-19)16-8-6-7-15-21(23(32)26-4)17(25)10-28-22(15)16/h6-11,13H,5,12H2,1-4H3,(H,26,32)(H,29,30,31)/t24-/m1/s1. The van der Waals surface area contributed by atoms with E-state index in [1.165, 1.54) is 13.4 Å². The van der Waals surface area contributed by atoms with Gasteiger partial charge in [-0.15, -0.1) is 11.3 Å². The highest BCUT2D eigenvalue weighted by atomic mass is 32.1. The first kappa shape index (κ1) is 22.7. The summed E-state index contributed by atoms with van der Waals surface area (Å²) in [6.45, 7) is 6.74. The summed E-state index contributed by atoms with van der Waals surface area (Å²) >= 11 is 1.58. The highest BCUT2D eigenvalue weighted by Crippen LogP contribution is 2.34. The first-order valence-electron chi connectivity index (χ1n) is 10.6. The van der Waals surface area contributed by atoms with E-state index >= 15 is 0 Å². The predicted octanol–water partition coefficient (Wildman–Crippen LogP) is 4.74. The Morgan fingerprint density at radius 3 is 2.70 bits per heavy atom. The van der Waals surface area contributed by atoms with Gasteiger partial charge in [0.2, 0.25) is 0 Å². The average molecular weight is 465 g/mol. The third kappa shape index (κ3) is 4.41. The molecule has 0 bridgehead atoms. The Morgan fingerprint density at radius 2 is 2.00 bits per heavy atom. The molecule has 0 radical (unpaired) electrons. The summed E-state index contributed by atoms with van der Waals surface area (Å²) in [7, 11) is 1.49. The summed E-state index contributed by atoms with van der Waals surface area (Å²) in [5.41, 5.74) is 2.03. The molecule has 0 saturated carbocycles. The molecule has 1 atom stereocenters. The summed E-state index contributed by atoms with van der Waals surface area (Å²) in [5.74, 6) is -0.404. The molecule has 4 rings (SSSR count). The molecule has 0 aliphatic carbocycles. The first-order valence-corrected chi connectivity index (χ1v) is 11.5. The summed E-state index contributed by atoms with van der Waals surface area (Å²) < 4.78 is 14.5. The predicted molar refractivity (Wildman–Crippen MR) is 129 cm³/mol. The Hall–Kier alpha value is -3.46. The zero-order valence-electron chi connectivity index (χ0n) is 18.9. The normalized spacial score (nSPS) is 13.0. The average Bonchev–Trinajstić information content (AvgIpc) is 3.28. The number of para-hydroxylation sites is 1. The molecule has 170 valence electrons. The zero-order valence-corrected chi connectivity index (χ0v) is 19.8. The lowest BCUT2D eigenvalue weighted by Crippen LogP contribution is -2.31. The van der Waals surface area contributed by atoms with Gasteiger partial charge in [-0.05, 0) is 18.9 Å². The summed E-state index contributed by atoms with van der Waals surface area (Å²) in [6, 6.07) is 7.46. The molecule has 33 heavy (non-hydrogen) atoms. The van der Waals surface area contributed by atoms with Gasteiger partial charge >= 0.3 is 0 Å². The Morgan fingerprint density at radius 1 is 1.18 bits per heavy atom. The Kier molecular flexibility index (Phi) is 6.33. The minimum absolute atomic E-state index is 0.0102. The number of aryl methyl sites for hydroxylation is 1. The lowest BCUT2D eigenvalue weighted by Gasteiger charge is -2.30. The van der Waals surface area contributed by atoms with Crippen molar-refractivity contribution in [3.05, 3.63) is 64.9 Å². The molecule has 3 heterocycles. The number of aromatic nitrogens is 4. The van der Waals surface area contributed by atoms with Gasteiger partial charge in [0.1, 0.15) is 12.1 Å². The molecular formula is C24H25FN6OS. The van der Waals surface area contributed by atoms with E-state index in [1.54, 1.807) is 17.4 Å². The molecule has 3 aromatic heterocycles. The number of halogens is 1. The largest absolute Gasteiger partial charge is 0.369 e. The number of benzene rings is 1. The SMILES string of the molecule is CC[C@](C)(CNc1cc(-c2cnc(C)s2)ncn1)c1cccc2c(C(=O)NC)c(F)cnc12. The minimum Gasteiger partial charge on any atom is -0.369 e. The second-order valence-corrected chi connectivity index (χ2v) is 9.30. The maximum atomic E-state index is 14.5. The number of amides is 1. The third-order valence-corrected chi connectivity index (χ3v) is 6.87. The fraction of sp³-hybridized carbons (Fsp3) is 0.292. The van der Waals surface area contributed by atoms with E-state index in [9.17, 15) is 9.18 Å².